The number of anilines is 1. The molecule has 6 nitrogen and oxygen atoms in total. The number of urea groups is 1. The van der Waals surface area contributed by atoms with Crippen LogP contribution in [0.25, 0.3) is 11.0 Å². The number of halogens is 1. The molecule has 1 saturated carbocycles. The highest BCUT2D eigenvalue weighted by Crippen LogP contribution is 2.31. The van der Waals surface area contributed by atoms with E-state index in [1.54, 1.807) is 22.8 Å². The summed E-state index contributed by atoms with van der Waals surface area (Å²) < 4.78 is 1.69. The van der Waals surface area contributed by atoms with Crippen molar-refractivity contribution >= 4 is 34.4 Å². The van der Waals surface area contributed by atoms with Gasteiger partial charge in [-0.2, -0.15) is 0 Å². The Labute approximate surface area is 173 Å². The summed E-state index contributed by atoms with van der Waals surface area (Å²) in [5, 5.41) is 6.51. The first-order valence-corrected chi connectivity index (χ1v) is 10.1. The fourth-order valence-corrected chi connectivity index (χ4v) is 4.00. The lowest BCUT2D eigenvalue weighted by Crippen LogP contribution is -2.52. The van der Waals surface area contributed by atoms with Crippen molar-refractivity contribution < 1.29 is 4.79 Å². The summed E-state index contributed by atoms with van der Waals surface area (Å²) in [6, 6.07) is 12.4. The van der Waals surface area contributed by atoms with Crippen molar-refractivity contribution in [2.45, 2.75) is 44.7 Å². The van der Waals surface area contributed by atoms with Gasteiger partial charge in [-0.15, -0.1) is 0 Å². The van der Waals surface area contributed by atoms with Crippen LogP contribution in [0.3, 0.4) is 0 Å². The average Bonchev–Trinajstić information content (AvgIpc) is 2.66. The predicted molar refractivity (Wildman–Crippen MR) is 116 cm³/mol. The minimum Gasteiger partial charge on any atom is -0.333 e. The Balaban J connectivity index is 1.64. The molecule has 0 spiro atoms. The summed E-state index contributed by atoms with van der Waals surface area (Å²) in [6.07, 6.45) is 4.43. The number of nitrogens with one attached hydrogen (secondary N) is 2. The topological polar surface area (TPSA) is 76.0 Å². The molecule has 0 saturated heterocycles. The summed E-state index contributed by atoms with van der Waals surface area (Å²) in [5.74, 6) is 0. The molecule has 4 rings (SSSR count). The molecule has 0 aliphatic heterocycles. The van der Waals surface area contributed by atoms with Gasteiger partial charge in [-0.25, -0.2) is 9.78 Å². The molecule has 2 aromatic carbocycles. The highest BCUT2D eigenvalue weighted by Gasteiger charge is 2.33. The molecular weight excluding hydrogens is 388 g/mol. The first-order chi connectivity index (χ1) is 13.8. The standard InChI is InChI=1S/C22H23ClN4O2/c1-14(15-5-3-6-16(23)11-15)27-19-8-7-17(12-18(19)24-13-20(27)28)25-21(29)26-22(2)9-4-10-22/h3,5-8,11-14H,4,9-10H2,1-2H3,(H2,25,26,29)/t14-/m0/s1. The molecule has 1 heterocycles. The molecular formula is C22H23ClN4O2. The number of fused-ring (bicyclic) bond motifs is 1. The van der Waals surface area contributed by atoms with Gasteiger partial charge in [0, 0.05) is 16.2 Å². The third kappa shape index (κ3) is 3.98. The number of amides is 2. The van der Waals surface area contributed by atoms with Crippen molar-refractivity contribution in [3.05, 3.63) is 69.6 Å². The Morgan fingerprint density at radius 3 is 2.72 bits per heavy atom. The zero-order valence-corrected chi connectivity index (χ0v) is 17.2. The van der Waals surface area contributed by atoms with Gasteiger partial charge in [-0.1, -0.05) is 23.7 Å². The monoisotopic (exact) mass is 410 g/mol. The predicted octanol–water partition coefficient (Wildman–Crippen LogP) is 4.72. The van der Waals surface area contributed by atoms with Gasteiger partial charge in [0.1, 0.15) is 0 Å². The zero-order valence-electron chi connectivity index (χ0n) is 16.4. The number of nitrogens with zero attached hydrogens (tertiary/aromatic N) is 2. The minimum absolute atomic E-state index is 0.119. The number of hydrogen-bond acceptors (Lipinski definition) is 3. The van der Waals surface area contributed by atoms with Crippen LogP contribution < -0.4 is 16.2 Å². The van der Waals surface area contributed by atoms with Gasteiger partial charge in [0.15, 0.2) is 0 Å². The van der Waals surface area contributed by atoms with Gasteiger partial charge < -0.3 is 10.6 Å². The third-order valence-electron chi connectivity index (χ3n) is 5.64. The van der Waals surface area contributed by atoms with Gasteiger partial charge in [-0.05, 0) is 69.0 Å². The van der Waals surface area contributed by atoms with E-state index in [1.165, 1.54) is 6.20 Å². The van der Waals surface area contributed by atoms with E-state index in [9.17, 15) is 9.59 Å². The molecule has 7 heteroatoms. The van der Waals surface area contributed by atoms with Gasteiger partial charge in [0.05, 0.1) is 23.3 Å². The Hall–Kier alpha value is -2.86. The van der Waals surface area contributed by atoms with Crippen LogP contribution in [-0.4, -0.2) is 21.1 Å². The van der Waals surface area contributed by atoms with Crippen LogP contribution in [0.1, 0.15) is 44.7 Å². The zero-order chi connectivity index (χ0) is 20.6. The lowest BCUT2D eigenvalue weighted by Gasteiger charge is -2.38. The number of carbonyl (C=O) groups is 1. The summed E-state index contributed by atoms with van der Waals surface area (Å²) in [4.78, 5) is 29.1. The number of hydrogen-bond donors (Lipinski definition) is 2. The molecule has 29 heavy (non-hydrogen) atoms. The first kappa shape index (κ1) is 19.5. The lowest BCUT2D eigenvalue weighted by molar-refractivity contribution is 0.200. The molecule has 150 valence electrons. The van der Waals surface area contributed by atoms with Gasteiger partial charge in [0.25, 0.3) is 5.56 Å². The van der Waals surface area contributed by atoms with E-state index in [0.29, 0.717) is 21.7 Å². The molecule has 1 fully saturated rings. The summed E-state index contributed by atoms with van der Waals surface area (Å²) >= 11 is 6.12. The first-order valence-electron chi connectivity index (χ1n) is 9.71. The van der Waals surface area contributed by atoms with E-state index in [0.717, 1.165) is 24.8 Å². The number of carbonyl (C=O) groups excluding carboxylic acids is 1. The molecule has 1 aromatic heterocycles. The Morgan fingerprint density at radius 1 is 1.24 bits per heavy atom. The van der Waals surface area contributed by atoms with Gasteiger partial charge >= 0.3 is 6.03 Å². The van der Waals surface area contributed by atoms with E-state index in [4.69, 9.17) is 11.6 Å². The molecule has 1 aliphatic carbocycles. The summed E-state index contributed by atoms with van der Waals surface area (Å²) in [7, 11) is 0. The number of rotatable bonds is 4. The van der Waals surface area contributed by atoms with E-state index in [1.807, 2.05) is 38.1 Å². The van der Waals surface area contributed by atoms with Crippen LogP contribution in [0.4, 0.5) is 10.5 Å². The second-order valence-corrected chi connectivity index (χ2v) is 8.33. The quantitative estimate of drug-likeness (QED) is 0.653. The fraction of sp³-hybridized carbons (Fsp3) is 0.318. The average molecular weight is 411 g/mol. The van der Waals surface area contributed by atoms with Crippen molar-refractivity contribution in [1.82, 2.24) is 14.9 Å². The van der Waals surface area contributed by atoms with E-state index < -0.39 is 0 Å². The maximum absolute atomic E-state index is 12.6. The van der Waals surface area contributed by atoms with Crippen LogP contribution in [0, 0.1) is 0 Å². The highest BCUT2D eigenvalue weighted by molar-refractivity contribution is 6.30. The molecule has 0 radical (unpaired) electrons. The van der Waals surface area contributed by atoms with E-state index in [2.05, 4.69) is 15.6 Å². The van der Waals surface area contributed by atoms with Crippen LogP contribution in [0.5, 0.6) is 0 Å². The Bertz CT molecular complexity index is 1140. The van der Waals surface area contributed by atoms with Crippen LogP contribution in [0.2, 0.25) is 5.02 Å². The van der Waals surface area contributed by atoms with E-state index in [-0.39, 0.29) is 23.2 Å². The Kier molecular flexibility index (Phi) is 5.04. The third-order valence-corrected chi connectivity index (χ3v) is 5.87. The molecule has 1 atom stereocenters. The van der Waals surface area contributed by atoms with Crippen molar-refractivity contribution in [2.75, 3.05) is 5.32 Å². The largest absolute Gasteiger partial charge is 0.333 e. The van der Waals surface area contributed by atoms with Crippen LogP contribution >= 0.6 is 11.6 Å². The second kappa shape index (κ2) is 7.52. The SMILES string of the molecule is C[C@@H](c1cccc(Cl)c1)n1c(=O)cnc2cc(NC(=O)NC3(C)CCC3)ccc21. The lowest BCUT2D eigenvalue weighted by atomic mass is 9.79. The van der Waals surface area contributed by atoms with Crippen molar-refractivity contribution in [1.29, 1.82) is 0 Å². The van der Waals surface area contributed by atoms with Gasteiger partial charge in [-0.3, -0.25) is 9.36 Å². The molecule has 0 unspecified atom stereocenters. The normalized spacial score (nSPS) is 16.1. The maximum Gasteiger partial charge on any atom is 0.319 e. The summed E-state index contributed by atoms with van der Waals surface area (Å²) in [5.41, 5.74) is 2.58. The molecule has 2 N–H and O–H groups in total. The maximum atomic E-state index is 12.6. The highest BCUT2D eigenvalue weighted by atomic mass is 35.5. The molecule has 2 amide bonds. The van der Waals surface area contributed by atoms with E-state index >= 15 is 0 Å². The Morgan fingerprint density at radius 2 is 2.03 bits per heavy atom. The van der Waals surface area contributed by atoms with Crippen LogP contribution in [-0.2, 0) is 0 Å². The van der Waals surface area contributed by atoms with Crippen molar-refractivity contribution in [3.8, 4) is 0 Å². The second-order valence-electron chi connectivity index (χ2n) is 7.89. The van der Waals surface area contributed by atoms with Crippen LogP contribution in [0.15, 0.2) is 53.5 Å². The smallest absolute Gasteiger partial charge is 0.319 e. The van der Waals surface area contributed by atoms with Gasteiger partial charge in [0.2, 0.25) is 0 Å². The number of benzene rings is 2. The number of aromatic nitrogens is 2. The fourth-order valence-electron chi connectivity index (χ4n) is 3.80. The molecule has 1 aliphatic rings. The van der Waals surface area contributed by atoms with Crippen molar-refractivity contribution in [3.63, 3.8) is 0 Å². The molecule has 3 aromatic rings. The molecule has 0 bridgehead atoms. The summed E-state index contributed by atoms with van der Waals surface area (Å²) in [6.45, 7) is 4.00. The minimum atomic E-state index is -0.229. The van der Waals surface area contributed by atoms with Crippen molar-refractivity contribution in [2.24, 2.45) is 0 Å².